The van der Waals surface area contributed by atoms with E-state index < -0.39 is 0 Å². The number of hydrogen-bond donors (Lipinski definition) is 2. The topological polar surface area (TPSA) is 61.4 Å². The van der Waals surface area contributed by atoms with Gasteiger partial charge in [-0.15, -0.1) is 0 Å². The van der Waals surface area contributed by atoms with Gasteiger partial charge in [-0.1, -0.05) is 39.8 Å². The zero-order valence-corrected chi connectivity index (χ0v) is 15.9. The third kappa shape index (κ3) is 5.48. The van der Waals surface area contributed by atoms with Crippen molar-refractivity contribution in [1.82, 2.24) is 15.5 Å². The van der Waals surface area contributed by atoms with Gasteiger partial charge in [0.25, 0.3) is 5.91 Å². The summed E-state index contributed by atoms with van der Waals surface area (Å²) in [6.45, 7) is 10.6. The van der Waals surface area contributed by atoms with Crippen LogP contribution < -0.4 is 10.6 Å². The van der Waals surface area contributed by atoms with Crippen molar-refractivity contribution >= 4 is 11.9 Å². The molecule has 0 spiro atoms. The molecule has 1 fully saturated rings. The minimum atomic E-state index is -0.107. The summed E-state index contributed by atoms with van der Waals surface area (Å²) in [6.07, 6.45) is 2.52. The fourth-order valence-electron chi connectivity index (χ4n) is 3.00. The monoisotopic (exact) mass is 345 g/mol. The summed E-state index contributed by atoms with van der Waals surface area (Å²) in [5.74, 6) is 0.0781. The first-order valence-electron chi connectivity index (χ1n) is 9.25. The third-order valence-corrected chi connectivity index (χ3v) is 4.65. The third-order valence-electron chi connectivity index (χ3n) is 4.65. The van der Waals surface area contributed by atoms with E-state index >= 15 is 0 Å². The molecule has 2 rings (SSSR count). The number of likely N-dealkylation sites (tertiary alicyclic amines) is 1. The molecule has 0 aliphatic carbocycles. The van der Waals surface area contributed by atoms with E-state index in [9.17, 15) is 9.59 Å². The molecule has 2 N–H and O–H groups in total. The van der Waals surface area contributed by atoms with Gasteiger partial charge in [0.1, 0.15) is 0 Å². The van der Waals surface area contributed by atoms with Crippen molar-refractivity contribution < 1.29 is 9.59 Å². The number of nitrogens with one attached hydrogen (secondary N) is 2. The van der Waals surface area contributed by atoms with Gasteiger partial charge in [-0.3, -0.25) is 4.79 Å². The molecule has 0 unspecified atom stereocenters. The van der Waals surface area contributed by atoms with Gasteiger partial charge in [0, 0.05) is 31.2 Å². The van der Waals surface area contributed by atoms with Crippen molar-refractivity contribution in [3.63, 3.8) is 0 Å². The Kier molecular flexibility index (Phi) is 6.45. The first kappa shape index (κ1) is 19.3. The molecular weight excluding hydrogens is 314 g/mol. The van der Waals surface area contributed by atoms with Crippen molar-refractivity contribution in [2.75, 3.05) is 19.6 Å². The largest absolute Gasteiger partial charge is 0.338 e. The predicted octanol–water partition coefficient (Wildman–Crippen LogP) is 3.30. The molecule has 1 aliphatic rings. The number of piperidine rings is 1. The van der Waals surface area contributed by atoms with Crippen molar-refractivity contribution in [3.05, 3.63) is 35.4 Å². The number of urea groups is 1. The van der Waals surface area contributed by atoms with Crippen LogP contribution in [0.15, 0.2) is 24.3 Å². The lowest BCUT2D eigenvalue weighted by atomic mass is 9.86. The molecule has 0 radical (unpaired) electrons. The fraction of sp³-hybridized carbons (Fsp3) is 0.600. The van der Waals surface area contributed by atoms with Crippen LogP contribution in [0.25, 0.3) is 0 Å². The maximum atomic E-state index is 12.7. The van der Waals surface area contributed by atoms with Crippen LogP contribution >= 0.6 is 0 Å². The average molecular weight is 345 g/mol. The summed E-state index contributed by atoms with van der Waals surface area (Å²) >= 11 is 0. The Balaban J connectivity index is 1.86. The average Bonchev–Trinajstić information content (AvgIpc) is 2.59. The van der Waals surface area contributed by atoms with Crippen LogP contribution in [0, 0.1) is 0 Å². The van der Waals surface area contributed by atoms with Gasteiger partial charge < -0.3 is 15.5 Å². The van der Waals surface area contributed by atoms with Gasteiger partial charge in [0.2, 0.25) is 0 Å². The minimum absolute atomic E-state index is 0.0781. The molecule has 1 aromatic rings. The minimum Gasteiger partial charge on any atom is -0.338 e. The van der Waals surface area contributed by atoms with Crippen molar-refractivity contribution in [2.24, 2.45) is 0 Å². The second-order valence-corrected chi connectivity index (χ2v) is 7.79. The summed E-state index contributed by atoms with van der Waals surface area (Å²) in [7, 11) is 0. The van der Waals surface area contributed by atoms with Gasteiger partial charge in [-0.25, -0.2) is 4.79 Å². The van der Waals surface area contributed by atoms with E-state index in [1.807, 2.05) is 36.1 Å². The normalized spacial score (nSPS) is 15.8. The van der Waals surface area contributed by atoms with Gasteiger partial charge in [-0.05, 0) is 42.4 Å². The van der Waals surface area contributed by atoms with E-state index in [0.717, 1.165) is 24.8 Å². The van der Waals surface area contributed by atoms with Crippen LogP contribution in [0.4, 0.5) is 4.79 Å². The van der Waals surface area contributed by atoms with E-state index in [4.69, 9.17) is 0 Å². The van der Waals surface area contributed by atoms with Crippen LogP contribution in [0.2, 0.25) is 0 Å². The number of hydrogen-bond acceptors (Lipinski definition) is 2. The highest BCUT2D eigenvalue weighted by Crippen LogP contribution is 2.23. The maximum absolute atomic E-state index is 12.7. The van der Waals surface area contributed by atoms with Crippen molar-refractivity contribution in [2.45, 2.75) is 58.4 Å². The zero-order chi connectivity index (χ0) is 18.4. The summed E-state index contributed by atoms with van der Waals surface area (Å²) in [6, 6.07) is 7.96. The first-order chi connectivity index (χ1) is 11.8. The number of rotatable bonds is 4. The first-order valence-corrected chi connectivity index (χ1v) is 9.25. The number of carbonyl (C=O) groups is 2. The molecule has 5 nitrogen and oxygen atoms in total. The lowest BCUT2D eigenvalue weighted by molar-refractivity contribution is 0.0708. The molecule has 138 valence electrons. The van der Waals surface area contributed by atoms with E-state index in [-0.39, 0.29) is 23.4 Å². The second kappa shape index (κ2) is 8.37. The van der Waals surface area contributed by atoms with Gasteiger partial charge >= 0.3 is 6.03 Å². The SMILES string of the molecule is CCCNC(=O)NC1CCN(C(=O)c2ccc(C(C)(C)C)cc2)CC1. The molecule has 0 aromatic heterocycles. The van der Waals surface area contributed by atoms with Crippen molar-refractivity contribution in [3.8, 4) is 0 Å². The molecule has 1 aliphatic heterocycles. The van der Waals surface area contributed by atoms with Crippen LogP contribution in [-0.4, -0.2) is 42.5 Å². The van der Waals surface area contributed by atoms with Crippen molar-refractivity contribution in [1.29, 1.82) is 0 Å². The zero-order valence-electron chi connectivity index (χ0n) is 15.9. The van der Waals surface area contributed by atoms with Crippen LogP contribution in [-0.2, 0) is 5.41 Å². The molecular formula is C20H31N3O2. The molecule has 5 heteroatoms. The lowest BCUT2D eigenvalue weighted by Gasteiger charge is -2.32. The van der Waals surface area contributed by atoms with Gasteiger partial charge in [-0.2, -0.15) is 0 Å². The second-order valence-electron chi connectivity index (χ2n) is 7.79. The molecule has 25 heavy (non-hydrogen) atoms. The number of carbonyl (C=O) groups excluding carboxylic acids is 2. The summed E-state index contributed by atoms with van der Waals surface area (Å²) in [5, 5.41) is 5.82. The fourth-order valence-corrected chi connectivity index (χ4v) is 3.00. The Bertz CT molecular complexity index is 582. The summed E-state index contributed by atoms with van der Waals surface area (Å²) in [4.78, 5) is 26.3. The van der Waals surface area contributed by atoms with Gasteiger partial charge in [0.15, 0.2) is 0 Å². The van der Waals surface area contributed by atoms with Crippen LogP contribution in [0.5, 0.6) is 0 Å². The number of nitrogens with zero attached hydrogens (tertiary/aromatic N) is 1. The Labute approximate surface area is 151 Å². The molecule has 3 amide bonds. The van der Waals surface area contributed by atoms with E-state index in [1.165, 1.54) is 5.56 Å². The molecule has 1 heterocycles. The molecule has 1 aromatic carbocycles. The highest BCUT2D eigenvalue weighted by Gasteiger charge is 2.25. The van der Waals surface area contributed by atoms with E-state index in [0.29, 0.717) is 19.6 Å². The van der Waals surface area contributed by atoms with Crippen LogP contribution in [0.3, 0.4) is 0 Å². The Hall–Kier alpha value is -2.04. The Morgan fingerprint density at radius 2 is 1.72 bits per heavy atom. The summed E-state index contributed by atoms with van der Waals surface area (Å²) < 4.78 is 0. The molecule has 0 atom stereocenters. The Morgan fingerprint density at radius 1 is 1.12 bits per heavy atom. The van der Waals surface area contributed by atoms with E-state index in [2.05, 4.69) is 31.4 Å². The Morgan fingerprint density at radius 3 is 2.24 bits per heavy atom. The lowest BCUT2D eigenvalue weighted by Crippen LogP contribution is -2.49. The van der Waals surface area contributed by atoms with E-state index in [1.54, 1.807) is 0 Å². The molecule has 0 saturated carbocycles. The molecule has 0 bridgehead atoms. The quantitative estimate of drug-likeness (QED) is 0.879. The number of amides is 3. The highest BCUT2D eigenvalue weighted by molar-refractivity contribution is 5.94. The standard InChI is InChI=1S/C20H31N3O2/c1-5-12-21-19(25)22-17-10-13-23(14-11-17)18(24)15-6-8-16(9-7-15)20(2,3)4/h6-9,17H,5,10-14H2,1-4H3,(H2,21,22,25). The number of benzene rings is 1. The maximum Gasteiger partial charge on any atom is 0.315 e. The summed E-state index contributed by atoms with van der Waals surface area (Å²) in [5.41, 5.74) is 2.05. The predicted molar refractivity (Wildman–Crippen MR) is 101 cm³/mol. The smallest absolute Gasteiger partial charge is 0.315 e. The van der Waals surface area contributed by atoms with Gasteiger partial charge in [0.05, 0.1) is 0 Å². The highest BCUT2D eigenvalue weighted by atomic mass is 16.2. The molecule has 1 saturated heterocycles. The van der Waals surface area contributed by atoms with Crippen LogP contribution in [0.1, 0.15) is 62.9 Å².